The molecule has 0 spiro atoms. The number of aliphatic imine (C=N–C) groups is 1. The number of carbonyl (C=O) groups is 2. The van der Waals surface area contributed by atoms with Crippen LogP contribution in [0.25, 0.3) is 6.08 Å². The molecular formula is C21H15ClN4O3S. The first-order valence-electron chi connectivity index (χ1n) is 8.88. The van der Waals surface area contributed by atoms with E-state index in [1.165, 1.54) is 17.4 Å². The molecule has 3 heterocycles. The van der Waals surface area contributed by atoms with Crippen molar-refractivity contribution in [2.45, 2.75) is 0 Å². The molecule has 150 valence electrons. The number of rotatable bonds is 5. The topological polar surface area (TPSA) is 87.8 Å². The van der Waals surface area contributed by atoms with Crippen LogP contribution < -0.4 is 10.2 Å². The Bertz CT molecular complexity index is 1110. The Morgan fingerprint density at radius 1 is 1.17 bits per heavy atom. The predicted octanol–water partition coefficient (Wildman–Crippen LogP) is 4.44. The second kappa shape index (κ2) is 8.98. The summed E-state index contributed by atoms with van der Waals surface area (Å²) in [5, 5.41) is 3.58. The molecule has 0 aliphatic carbocycles. The normalized spacial score (nSPS) is 14.8. The Hall–Kier alpha value is -3.36. The molecule has 0 saturated heterocycles. The Balaban J connectivity index is 1.52. The van der Waals surface area contributed by atoms with Crippen molar-refractivity contribution in [3.05, 3.63) is 83.5 Å². The van der Waals surface area contributed by atoms with E-state index in [0.717, 1.165) is 11.8 Å². The average Bonchev–Trinajstić information content (AvgIpc) is 3.37. The average molecular weight is 439 g/mol. The number of anilines is 2. The predicted molar refractivity (Wildman–Crippen MR) is 118 cm³/mol. The van der Waals surface area contributed by atoms with Gasteiger partial charge >= 0.3 is 0 Å². The number of thioether (sulfide) groups is 1. The van der Waals surface area contributed by atoms with Gasteiger partial charge in [0.25, 0.3) is 5.91 Å². The molecule has 9 heteroatoms. The number of pyridine rings is 1. The molecule has 0 atom stereocenters. The number of nitrogens with one attached hydrogen (secondary N) is 1. The number of amidine groups is 1. The Labute approximate surface area is 181 Å². The summed E-state index contributed by atoms with van der Waals surface area (Å²) in [7, 11) is 0. The third-order valence-corrected chi connectivity index (χ3v) is 5.16. The van der Waals surface area contributed by atoms with Crippen LogP contribution in [0.1, 0.15) is 5.76 Å². The molecular weight excluding hydrogens is 424 g/mol. The number of furan rings is 1. The van der Waals surface area contributed by atoms with E-state index in [1.807, 2.05) is 30.3 Å². The van der Waals surface area contributed by atoms with E-state index in [-0.39, 0.29) is 23.3 Å². The van der Waals surface area contributed by atoms with Crippen molar-refractivity contribution in [3.8, 4) is 0 Å². The number of aromatic nitrogens is 1. The molecule has 2 aromatic heterocycles. The van der Waals surface area contributed by atoms with E-state index < -0.39 is 0 Å². The van der Waals surface area contributed by atoms with Crippen LogP contribution in [-0.4, -0.2) is 27.7 Å². The van der Waals surface area contributed by atoms with Crippen LogP contribution in [0.3, 0.4) is 0 Å². The van der Waals surface area contributed by atoms with Crippen LogP contribution >= 0.6 is 23.4 Å². The number of halogens is 1. The van der Waals surface area contributed by atoms with Gasteiger partial charge in [-0.05, 0) is 36.4 Å². The fraction of sp³-hybridized carbons (Fsp3) is 0.0476. The lowest BCUT2D eigenvalue weighted by Gasteiger charge is -2.17. The zero-order chi connectivity index (χ0) is 20.9. The van der Waals surface area contributed by atoms with Crippen molar-refractivity contribution in [2.24, 2.45) is 4.99 Å². The maximum atomic E-state index is 13.0. The van der Waals surface area contributed by atoms with E-state index in [2.05, 4.69) is 15.3 Å². The zero-order valence-corrected chi connectivity index (χ0v) is 17.1. The molecule has 0 fully saturated rings. The van der Waals surface area contributed by atoms with Gasteiger partial charge in [0, 0.05) is 12.3 Å². The molecule has 0 saturated carbocycles. The standard InChI is InChI=1S/C21H15ClN4O3S/c22-14-8-9-18(23-12-14)25-19(27)13-30-21-24-17(11-16-7-4-10-29-16)20(28)26(21)15-5-2-1-3-6-15/h1-12H,13H2,(H,23,25,27). The van der Waals surface area contributed by atoms with Crippen molar-refractivity contribution in [2.75, 3.05) is 16.0 Å². The maximum absolute atomic E-state index is 13.0. The Morgan fingerprint density at radius 3 is 2.70 bits per heavy atom. The minimum atomic E-state index is -0.292. The summed E-state index contributed by atoms with van der Waals surface area (Å²) >= 11 is 6.96. The van der Waals surface area contributed by atoms with Gasteiger partial charge in [-0.2, -0.15) is 0 Å². The fourth-order valence-corrected chi connectivity index (χ4v) is 3.59. The van der Waals surface area contributed by atoms with Gasteiger partial charge in [0.1, 0.15) is 17.3 Å². The van der Waals surface area contributed by atoms with E-state index in [0.29, 0.717) is 27.5 Å². The molecule has 30 heavy (non-hydrogen) atoms. The highest BCUT2D eigenvalue weighted by Gasteiger charge is 2.32. The molecule has 4 rings (SSSR count). The van der Waals surface area contributed by atoms with Crippen LogP contribution in [0.5, 0.6) is 0 Å². The number of nitrogens with zero attached hydrogens (tertiary/aromatic N) is 3. The third-order valence-electron chi connectivity index (χ3n) is 3.99. The van der Waals surface area contributed by atoms with E-state index in [4.69, 9.17) is 16.0 Å². The molecule has 3 aromatic rings. The molecule has 7 nitrogen and oxygen atoms in total. The highest BCUT2D eigenvalue weighted by Crippen LogP contribution is 2.29. The number of para-hydroxylation sites is 1. The monoisotopic (exact) mass is 438 g/mol. The lowest BCUT2D eigenvalue weighted by Crippen LogP contribution is -2.31. The number of carbonyl (C=O) groups excluding carboxylic acids is 2. The largest absolute Gasteiger partial charge is 0.465 e. The first kappa shape index (κ1) is 19.9. The van der Waals surface area contributed by atoms with Crippen LogP contribution in [-0.2, 0) is 9.59 Å². The molecule has 0 bridgehead atoms. The third kappa shape index (κ3) is 4.61. The molecule has 1 aliphatic heterocycles. The van der Waals surface area contributed by atoms with Crippen LogP contribution in [0.4, 0.5) is 11.5 Å². The molecule has 1 N–H and O–H groups in total. The highest BCUT2D eigenvalue weighted by molar-refractivity contribution is 8.14. The smallest absolute Gasteiger partial charge is 0.283 e. The minimum Gasteiger partial charge on any atom is -0.465 e. The van der Waals surface area contributed by atoms with Crippen LogP contribution in [0.2, 0.25) is 5.02 Å². The van der Waals surface area contributed by atoms with Gasteiger partial charge in [-0.3, -0.25) is 14.5 Å². The van der Waals surface area contributed by atoms with Crippen molar-refractivity contribution in [1.29, 1.82) is 0 Å². The van der Waals surface area contributed by atoms with Crippen LogP contribution in [0.15, 0.2) is 82.2 Å². The lowest BCUT2D eigenvalue weighted by molar-refractivity contribution is -0.114. The van der Waals surface area contributed by atoms with E-state index >= 15 is 0 Å². The number of amides is 2. The highest BCUT2D eigenvalue weighted by atomic mass is 35.5. The van der Waals surface area contributed by atoms with Gasteiger partial charge in [-0.1, -0.05) is 41.6 Å². The Morgan fingerprint density at radius 2 is 2.00 bits per heavy atom. The fourth-order valence-electron chi connectivity index (χ4n) is 2.66. The SMILES string of the molecule is O=C(CSC1=NC(=Cc2ccco2)C(=O)N1c1ccccc1)Nc1ccc(Cl)cn1. The van der Waals surface area contributed by atoms with E-state index in [9.17, 15) is 9.59 Å². The summed E-state index contributed by atoms with van der Waals surface area (Å²) in [5.74, 6) is 0.398. The molecule has 2 amide bonds. The summed E-state index contributed by atoms with van der Waals surface area (Å²) in [5.41, 5.74) is 0.896. The van der Waals surface area contributed by atoms with Gasteiger partial charge in [0.05, 0.1) is 22.7 Å². The maximum Gasteiger partial charge on any atom is 0.283 e. The van der Waals surface area contributed by atoms with Gasteiger partial charge in [0.15, 0.2) is 5.17 Å². The zero-order valence-electron chi connectivity index (χ0n) is 15.5. The summed E-state index contributed by atoms with van der Waals surface area (Å²) < 4.78 is 5.29. The molecule has 1 aromatic carbocycles. The summed E-state index contributed by atoms with van der Waals surface area (Å²) in [6.45, 7) is 0. The molecule has 0 unspecified atom stereocenters. The Kier molecular flexibility index (Phi) is 5.97. The van der Waals surface area contributed by atoms with E-state index in [1.54, 1.807) is 30.3 Å². The lowest BCUT2D eigenvalue weighted by atomic mass is 10.2. The molecule has 0 radical (unpaired) electrons. The van der Waals surface area contributed by atoms with Crippen LogP contribution in [0, 0.1) is 0 Å². The van der Waals surface area contributed by atoms with Gasteiger partial charge in [-0.15, -0.1) is 0 Å². The second-order valence-corrected chi connectivity index (χ2v) is 7.49. The number of hydrogen-bond acceptors (Lipinski definition) is 6. The minimum absolute atomic E-state index is 0.0494. The number of benzene rings is 1. The van der Waals surface area contributed by atoms with Crippen molar-refractivity contribution in [3.63, 3.8) is 0 Å². The van der Waals surface area contributed by atoms with Crippen molar-refractivity contribution < 1.29 is 14.0 Å². The second-order valence-electron chi connectivity index (χ2n) is 6.11. The van der Waals surface area contributed by atoms with Crippen molar-refractivity contribution >= 4 is 57.9 Å². The van der Waals surface area contributed by atoms with Crippen molar-refractivity contribution in [1.82, 2.24) is 4.98 Å². The first-order valence-corrected chi connectivity index (χ1v) is 10.2. The summed E-state index contributed by atoms with van der Waals surface area (Å²) in [6.07, 6.45) is 4.55. The number of hydrogen-bond donors (Lipinski definition) is 1. The molecule has 1 aliphatic rings. The van der Waals surface area contributed by atoms with Gasteiger partial charge < -0.3 is 9.73 Å². The summed E-state index contributed by atoms with van der Waals surface area (Å²) in [4.78, 5) is 35.3. The van der Waals surface area contributed by atoms with Gasteiger partial charge in [-0.25, -0.2) is 9.98 Å². The van der Waals surface area contributed by atoms with Gasteiger partial charge in [0.2, 0.25) is 5.91 Å². The summed E-state index contributed by atoms with van der Waals surface area (Å²) in [6, 6.07) is 15.9. The quantitative estimate of drug-likeness (QED) is 0.595. The first-order chi connectivity index (χ1) is 14.6.